The van der Waals surface area contributed by atoms with Gasteiger partial charge in [-0.2, -0.15) is 0 Å². The van der Waals surface area contributed by atoms with Crippen molar-refractivity contribution in [1.29, 1.82) is 0 Å². The smallest absolute Gasteiger partial charge is 0.175 e. The number of thiocarbonyl (C=S) groups is 1. The highest BCUT2D eigenvalue weighted by molar-refractivity contribution is 8.23. The third kappa shape index (κ3) is 3.04. The molecule has 0 amide bonds. The van der Waals surface area contributed by atoms with Crippen molar-refractivity contribution in [1.82, 2.24) is 9.88 Å². The number of nitrogens with zero attached hydrogens (tertiary/aromatic N) is 1. The number of fused-ring (bicyclic) bond motifs is 1. The zero-order valence-corrected chi connectivity index (χ0v) is 13.5. The van der Waals surface area contributed by atoms with Gasteiger partial charge in [0, 0.05) is 36.8 Å². The predicted molar refractivity (Wildman–Crippen MR) is 90.8 cm³/mol. The normalized spacial score (nSPS) is 10.8. The van der Waals surface area contributed by atoms with E-state index in [2.05, 4.69) is 18.0 Å². The van der Waals surface area contributed by atoms with E-state index in [1.807, 2.05) is 37.3 Å². The summed E-state index contributed by atoms with van der Waals surface area (Å²) in [4.78, 5) is 17.4. The fourth-order valence-corrected chi connectivity index (χ4v) is 2.92. The van der Waals surface area contributed by atoms with Crippen molar-refractivity contribution in [2.24, 2.45) is 0 Å². The molecule has 0 saturated heterocycles. The Morgan fingerprint density at radius 1 is 1.40 bits per heavy atom. The number of aromatic amines is 1. The van der Waals surface area contributed by atoms with E-state index in [0.29, 0.717) is 5.75 Å². The number of H-pyrrole nitrogens is 1. The minimum Gasteiger partial charge on any atom is -0.364 e. The van der Waals surface area contributed by atoms with Crippen LogP contribution in [0.2, 0.25) is 0 Å². The number of para-hydroxylation sites is 1. The number of hydrogen-bond acceptors (Lipinski definition) is 3. The van der Waals surface area contributed by atoms with Crippen molar-refractivity contribution in [3.63, 3.8) is 0 Å². The first-order chi connectivity index (χ1) is 9.54. The van der Waals surface area contributed by atoms with Gasteiger partial charge >= 0.3 is 0 Å². The van der Waals surface area contributed by atoms with Gasteiger partial charge in [0.15, 0.2) is 5.78 Å². The number of carbonyl (C=O) groups excluding carboxylic acids is 1. The van der Waals surface area contributed by atoms with Gasteiger partial charge in [0.2, 0.25) is 0 Å². The summed E-state index contributed by atoms with van der Waals surface area (Å²) in [5.74, 6) is 0.485. The Balaban J connectivity index is 2.21. The molecule has 1 heterocycles. The first-order valence-electron chi connectivity index (χ1n) is 6.50. The van der Waals surface area contributed by atoms with Crippen LogP contribution in [0.3, 0.4) is 0 Å². The van der Waals surface area contributed by atoms with Crippen LogP contribution in [0.1, 0.15) is 22.8 Å². The third-order valence-corrected chi connectivity index (χ3v) is 4.91. The number of ketones is 1. The van der Waals surface area contributed by atoms with Crippen LogP contribution in [-0.2, 0) is 6.42 Å². The predicted octanol–water partition coefficient (Wildman–Crippen LogP) is 3.49. The van der Waals surface area contributed by atoms with Gasteiger partial charge in [0.25, 0.3) is 0 Å². The monoisotopic (exact) mass is 306 g/mol. The number of Topliss-reactive ketones (excluding diaryl/α,β-unsaturated/α-hetero) is 1. The van der Waals surface area contributed by atoms with Crippen LogP contribution in [0.25, 0.3) is 10.9 Å². The Bertz CT molecular complexity index is 646. The summed E-state index contributed by atoms with van der Waals surface area (Å²) in [6.45, 7) is 2.11. The number of aryl methyl sites for hydroxylation is 1. The molecular formula is C15H18N2OS2. The fourth-order valence-electron chi connectivity index (χ4n) is 2.08. The molecule has 20 heavy (non-hydrogen) atoms. The Morgan fingerprint density at radius 2 is 2.15 bits per heavy atom. The maximum Gasteiger partial charge on any atom is 0.175 e. The SMILES string of the molecule is CCc1cccc2c(C(=O)CSC(=S)N(C)C)c[nH]c12. The number of thioether (sulfide) groups is 1. The average Bonchev–Trinajstić information content (AvgIpc) is 2.87. The Morgan fingerprint density at radius 3 is 2.80 bits per heavy atom. The van der Waals surface area contributed by atoms with Gasteiger partial charge in [-0.25, -0.2) is 0 Å². The van der Waals surface area contributed by atoms with Gasteiger partial charge in [-0.1, -0.05) is 49.1 Å². The molecule has 2 aromatic rings. The fraction of sp³-hybridized carbons (Fsp3) is 0.333. The molecule has 0 aliphatic heterocycles. The first kappa shape index (κ1) is 15.1. The van der Waals surface area contributed by atoms with Gasteiger partial charge in [-0.15, -0.1) is 0 Å². The number of nitrogens with one attached hydrogen (secondary N) is 1. The standard InChI is InChI=1S/C15H18N2OS2/c1-4-10-6-5-7-11-12(8-16-14(10)11)13(18)9-20-15(19)17(2)3/h5-8,16H,4,9H2,1-3H3. The first-order valence-corrected chi connectivity index (χ1v) is 7.90. The van der Waals surface area contributed by atoms with Gasteiger partial charge in [0.05, 0.1) is 5.75 Å². The van der Waals surface area contributed by atoms with Crippen molar-refractivity contribution in [2.75, 3.05) is 19.8 Å². The molecule has 0 radical (unpaired) electrons. The van der Waals surface area contributed by atoms with Crippen LogP contribution in [-0.4, -0.2) is 39.8 Å². The zero-order valence-electron chi connectivity index (χ0n) is 11.9. The quantitative estimate of drug-likeness (QED) is 0.693. The van der Waals surface area contributed by atoms with Crippen molar-refractivity contribution < 1.29 is 4.79 Å². The van der Waals surface area contributed by atoms with Gasteiger partial charge in [-0.05, 0) is 12.0 Å². The van der Waals surface area contributed by atoms with Crippen molar-refractivity contribution in [3.05, 3.63) is 35.5 Å². The molecule has 1 aromatic carbocycles. The third-order valence-electron chi connectivity index (χ3n) is 3.17. The average molecular weight is 306 g/mol. The highest BCUT2D eigenvalue weighted by atomic mass is 32.2. The van der Waals surface area contributed by atoms with E-state index in [0.717, 1.165) is 27.2 Å². The van der Waals surface area contributed by atoms with E-state index in [4.69, 9.17) is 12.2 Å². The van der Waals surface area contributed by atoms with Crippen LogP contribution in [0.5, 0.6) is 0 Å². The van der Waals surface area contributed by atoms with Gasteiger partial charge in [-0.3, -0.25) is 4.79 Å². The lowest BCUT2D eigenvalue weighted by Crippen LogP contribution is -2.18. The maximum atomic E-state index is 12.3. The number of aromatic nitrogens is 1. The second kappa shape index (κ2) is 6.41. The van der Waals surface area contributed by atoms with E-state index in [9.17, 15) is 4.79 Å². The number of carbonyl (C=O) groups is 1. The molecule has 0 aliphatic carbocycles. The molecule has 0 bridgehead atoms. The van der Waals surface area contributed by atoms with E-state index in [-0.39, 0.29) is 5.78 Å². The number of benzene rings is 1. The minimum atomic E-state index is 0.110. The molecule has 0 fully saturated rings. The molecule has 0 aliphatic rings. The molecule has 0 spiro atoms. The largest absolute Gasteiger partial charge is 0.364 e. The van der Waals surface area contributed by atoms with E-state index >= 15 is 0 Å². The summed E-state index contributed by atoms with van der Waals surface area (Å²) in [6, 6.07) is 6.08. The van der Waals surface area contributed by atoms with Crippen LogP contribution >= 0.6 is 24.0 Å². The van der Waals surface area contributed by atoms with Crippen molar-refractivity contribution in [2.45, 2.75) is 13.3 Å². The van der Waals surface area contributed by atoms with E-state index < -0.39 is 0 Å². The number of hydrogen-bond donors (Lipinski definition) is 1. The Labute approximate surface area is 128 Å². The molecule has 1 N–H and O–H groups in total. The maximum absolute atomic E-state index is 12.3. The van der Waals surface area contributed by atoms with Crippen molar-refractivity contribution in [3.8, 4) is 0 Å². The minimum absolute atomic E-state index is 0.110. The summed E-state index contributed by atoms with van der Waals surface area (Å²) in [6.07, 6.45) is 2.76. The van der Waals surface area contributed by atoms with Crippen LogP contribution in [0, 0.1) is 0 Å². The second-order valence-corrected chi connectivity index (χ2v) is 6.38. The molecule has 0 saturated carbocycles. The summed E-state index contributed by atoms with van der Waals surface area (Å²) in [7, 11) is 3.78. The highest BCUT2D eigenvalue weighted by Gasteiger charge is 2.14. The van der Waals surface area contributed by atoms with Crippen molar-refractivity contribution >= 4 is 45.0 Å². The second-order valence-electron chi connectivity index (χ2n) is 4.77. The highest BCUT2D eigenvalue weighted by Crippen LogP contribution is 2.23. The Kier molecular flexibility index (Phi) is 4.83. The topological polar surface area (TPSA) is 36.1 Å². The van der Waals surface area contributed by atoms with Crippen LogP contribution in [0.15, 0.2) is 24.4 Å². The summed E-state index contributed by atoms with van der Waals surface area (Å²) >= 11 is 6.59. The Hall–Kier alpha value is -1.33. The van der Waals surface area contributed by atoms with Gasteiger partial charge < -0.3 is 9.88 Å². The lowest BCUT2D eigenvalue weighted by molar-refractivity contribution is 0.102. The molecule has 2 rings (SSSR count). The lowest BCUT2D eigenvalue weighted by Gasteiger charge is -2.11. The molecule has 3 nitrogen and oxygen atoms in total. The molecule has 1 aromatic heterocycles. The molecule has 106 valence electrons. The van der Waals surface area contributed by atoms with Gasteiger partial charge in [0.1, 0.15) is 4.32 Å². The zero-order chi connectivity index (χ0) is 14.7. The lowest BCUT2D eigenvalue weighted by atomic mass is 10.1. The van der Waals surface area contributed by atoms with Crippen LogP contribution < -0.4 is 0 Å². The number of rotatable bonds is 4. The van der Waals surface area contributed by atoms with Crippen LogP contribution in [0.4, 0.5) is 0 Å². The van der Waals surface area contributed by atoms with E-state index in [1.54, 1.807) is 0 Å². The summed E-state index contributed by atoms with van der Waals surface area (Å²) < 4.78 is 0.729. The summed E-state index contributed by atoms with van der Waals surface area (Å²) in [5.41, 5.74) is 3.06. The molecule has 5 heteroatoms. The summed E-state index contributed by atoms with van der Waals surface area (Å²) in [5, 5.41) is 1.01. The molecular weight excluding hydrogens is 288 g/mol. The van der Waals surface area contributed by atoms with E-state index in [1.165, 1.54) is 17.3 Å². The molecule has 0 atom stereocenters. The molecule has 0 unspecified atom stereocenters.